The molecule has 3 rings (SSSR count). The number of hydrogen-bond donors (Lipinski definition) is 0. The Morgan fingerprint density at radius 3 is 2.78 bits per heavy atom. The van der Waals surface area contributed by atoms with Gasteiger partial charge >= 0.3 is 5.97 Å². The van der Waals surface area contributed by atoms with Crippen LogP contribution in [-0.4, -0.2) is 35.6 Å². The Hall–Kier alpha value is -3.01. The second-order valence-corrected chi connectivity index (χ2v) is 6.62. The molecule has 0 saturated carbocycles. The van der Waals surface area contributed by atoms with Crippen molar-refractivity contribution in [1.29, 1.82) is 5.26 Å². The predicted molar refractivity (Wildman–Crippen MR) is 97.1 cm³/mol. The van der Waals surface area contributed by atoms with Gasteiger partial charge in [-0.15, -0.1) is 0 Å². The van der Waals surface area contributed by atoms with E-state index >= 15 is 0 Å². The van der Waals surface area contributed by atoms with Crippen molar-refractivity contribution in [3.05, 3.63) is 54.1 Å². The molecule has 1 aromatic heterocycles. The molecule has 1 aliphatic rings. The molecule has 0 unspecified atom stereocenters. The quantitative estimate of drug-likeness (QED) is 0.730. The van der Waals surface area contributed by atoms with Crippen LogP contribution in [0.4, 0.5) is 10.3 Å². The van der Waals surface area contributed by atoms with Crippen LogP contribution in [0, 0.1) is 29.0 Å². The van der Waals surface area contributed by atoms with E-state index in [9.17, 15) is 14.4 Å². The molecule has 0 bridgehead atoms. The predicted octanol–water partition coefficient (Wildman–Crippen LogP) is 2.76. The summed E-state index contributed by atoms with van der Waals surface area (Å²) in [5, 5.41) is 9.32. The summed E-state index contributed by atoms with van der Waals surface area (Å²) in [6.45, 7) is 1.35. The summed E-state index contributed by atoms with van der Waals surface area (Å²) in [4.78, 5) is 22.9. The van der Waals surface area contributed by atoms with E-state index < -0.39 is 5.92 Å². The van der Waals surface area contributed by atoms with E-state index in [1.165, 1.54) is 12.1 Å². The number of nitrogens with zero attached hydrogens (tertiary/aromatic N) is 4. The molecule has 0 aliphatic carbocycles. The average Bonchev–Trinajstić information content (AvgIpc) is 2.73. The normalized spacial score (nSPS) is 17.8. The highest BCUT2D eigenvalue weighted by molar-refractivity contribution is 5.73. The zero-order valence-corrected chi connectivity index (χ0v) is 14.9. The molecule has 1 fully saturated rings. The van der Waals surface area contributed by atoms with Crippen molar-refractivity contribution in [1.82, 2.24) is 9.97 Å². The molecule has 0 amide bonds. The van der Waals surface area contributed by atoms with Crippen molar-refractivity contribution in [2.24, 2.45) is 11.8 Å². The van der Waals surface area contributed by atoms with Gasteiger partial charge in [0.1, 0.15) is 12.4 Å². The summed E-state index contributed by atoms with van der Waals surface area (Å²) < 4.78 is 18.4. The van der Waals surface area contributed by atoms with Gasteiger partial charge in [0.25, 0.3) is 0 Å². The van der Waals surface area contributed by atoms with E-state index in [4.69, 9.17) is 4.74 Å². The Morgan fingerprint density at radius 2 is 2.07 bits per heavy atom. The van der Waals surface area contributed by atoms with Gasteiger partial charge in [0.15, 0.2) is 0 Å². The van der Waals surface area contributed by atoms with Crippen molar-refractivity contribution in [3.63, 3.8) is 0 Å². The highest BCUT2D eigenvalue weighted by Gasteiger charge is 2.28. The fourth-order valence-corrected chi connectivity index (χ4v) is 3.15. The van der Waals surface area contributed by atoms with E-state index in [1.807, 2.05) is 4.90 Å². The summed E-state index contributed by atoms with van der Waals surface area (Å²) in [6, 6.07) is 9.91. The lowest BCUT2D eigenvalue weighted by Gasteiger charge is -2.31. The van der Waals surface area contributed by atoms with Crippen LogP contribution in [0.5, 0.6) is 0 Å². The lowest BCUT2D eigenvalue weighted by Crippen LogP contribution is -2.40. The van der Waals surface area contributed by atoms with Gasteiger partial charge in [-0.3, -0.25) is 4.79 Å². The van der Waals surface area contributed by atoms with Crippen LogP contribution >= 0.6 is 0 Å². The number of carbonyl (C=O) groups is 1. The van der Waals surface area contributed by atoms with E-state index in [2.05, 4.69) is 16.0 Å². The van der Waals surface area contributed by atoms with Crippen LogP contribution < -0.4 is 4.90 Å². The summed E-state index contributed by atoms with van der Waals surface area (Å²) in [5.41, 5.74) is 0.837. The standard InChI is InChI=1S/C20H21FN4O2/c21-18-6-4-15(5-7-18)11-16(12-22)14-27-19(26)17-3-1-10-25(13-17)20-23-8-2-9-24-20/h2,4-9,16-17H,1,3,10-11,13-14H2/t16-,17-/m0/s1. The van der Waals surface area contributed by atoms with Gasteiger partial charge in [-0.25, -0.2) is 14.4 Å². The van der Waals surface area contributed by atoms with Crippen molar-refractivity contribution in [2.45, 2.75) is 19.3 Å². The zero-order valence-electron chi connectivity index (χ0n) is 14.9. The van der Waals surface area contributed by atoms with E-state index in [-0.39, 0.29) is 24.3 Å². The number of esters is 1. The highest BCUT2D eigenvalue weighted by atomic mass is 19.1. The number of anilines is 1. The third-order valence-electron chi connectivity index (χ3n) is 4.59. The molecular weight excluding hydrogens is 347 g/mol. The first-order chi connectivity index (χ1) is 13.2. The van der Waals surface area contributed by atoms with Gasteiger partial charge in [-0.05, 0) is 43.0 Å². The fourth-order valence-electron chi connectivity index (χ4n) is 3.15. The molecule has 7 heteroatoms. The molecule has 1 aliphatic heterocycles. The van der Waals surface area contributed by atoms with Crippen molar-refractivity contribution >= 4 is 11.9 Å². The molecule has 27 heavy (non-hydrogen) atoms. The molecule has 2 heterocycles. The second kappa shape index (κ2) is 9.08. The molecular formula is C20H21FN4O2. The van der Waals surface area contributed by atoms with Gasteiger partial charge in [0.05, 0.1) is 17.9 Å². The minimum Gasteiger partial charge on any atom is -0.464 e. The summed E-state index contributed by atoms with van der Waals surface area (Å²) in [5.74, 6) is -0.719. The first kappa shape index (κ1) is 18.8. The SMILES string of the molecule is N#C[C@@H](COC(=O)[C@H]1CCCN(c2ncccn2)C1)Cc1ccc(F)cc1. The maximum atomic E-state index is 13.0. The zero-order chi connectivity index (χ0) is 19.1. The molecule has 0 spiro atoms. The summed E-state index contributed by atoms with van der Waals surface area (Å²) in [6.07, 6.45) is 5.37. The van der Waals surface area contributed by atoms with Gasteiger partial charge < -0.3 is 9.64 Å². The van der Waals surface area contributed by atoms with Gasteiger partial charge in [-0.2, -0.15) is 5.26 Å². The monoisotopic (exact) mass is 368 g/mol. The Labute approximate surface area is 157 Å². The van der Waals surface area contributed by atoms with Crippen molar-refractivity contribution in [3.8, 4) is 6.07 Å². The molecule has 0 N–H and O–H groups in total. The topological polar surface area (TPSA) is 79.1 Å². The Balaban J connectivity index is 1.51. The van der Waals surface area contributed by atoms with E-state index in [0.717, 1.165) is 24.9 Å². The number of piperidine rings is 1. The van der Waals surface area contributed by atoms with E-state index in [0.29, 0.717) is 18.9 Å². The van der Waals surface area contributed by atoms with Crippen molar-refractivity contribution < 1.29 is 13.9 Å². The number of aromatic nitrogens is 2. The summed E-state index contributed by atoms with van der Waals surface area (Å²) >= 11 is 0. The number of rotatable bonds is 6. The van der Waals surface area contributed by atoms with Crippen LogP contribution in [0.25, 0.3) is 0 Å². The third-order valence-corrected chi connectivity index (χ3v) is 4.59. The molecule has 1 aromatic carbocycles. The number of hydrogen-bond acceptors (Lipinski definition) is 6. The minimum atomic E-state index is -0.462. The van der Waals surface area contributed by atoms with Crippen LogP contribution in [-0.2, 0) is 16.0 Å². The minimum absolute atomic E-state index is 0.0328. The van der Waals surface area contributed by atoms with E-state index in [1.54, 1.807) is 30.6 Å². The smallest absolute Gasteiger partial charge is 0.310 e. The molecule has 2 atom stereocenters. The largest absolute Gasteiger partial charge is 0.464 e. The van der Waals surface area contributed by atoms with Crippen LogP contribution in [0.15, 0.2) is 42.7 Å². The lowest BCUT2D eigenvalue weighted by molar-refractivity contribution is -0.149. The first-order valence-corrected chi connectivity index (χ1v) is 8.98. The van der Waals surface area contributed by atoms with Gasteiger partial charge in [0, 0.05) is 25.5 Å². The Bertz CT molecular complexity index is 792. The molecule has 1 saturated heterocycles. The maximum absolute atomic E-state index is 13.0. The highest BCUT2D eigenvalue weighted by Crippen LogP contribution is 2.21. The Kier molecular flexibility index (Phi) is 6.31. The van der Waals surface area contributed by atoms with Crippen LogP contribution in [0.2, 0.25) is 0 Å². The van der Waals surface area contributed by atoms with Gasteiger partial charge in [0.2, 0.25) is 5.95 Å². The fraction of sp³-hybridized carbons (Fsp3) is 0.400. The number of ether oxygens (including phenoxy) is 1. The van der Waals surface area contributed by atoms with Gasteiger partial charge in [-0.1, -0.05) is 12.1 Å². The maximum Gasteiger partial charge on any atom is 0.310 e. The molecule has 6 nitrogen and oxygen atoms in total. The average molecular weight is 368 g/mol. The second-order valence-electron chi connectivity index (χ2n) is 6.62. The first-order valence-electron chi connectivity index (χ1n) is 8.98. The lowest BCUT2D eigenvalue weighted by atomic mass is 9.98. The summed E-state index contributed by atoms with van der Waals surface area (Å²) in [7, 11) is 0. The van der Waals surface area contributed by atoms with Crippen LogP contribution in [0.1, 0.15) is 18.4 Å². The number of benzene rings is 1. The van der Waals surface area contributed by atoms with Crippen LogP contribution in [0.3, 0.4) is 0 Å². The number of carbonyl (C=O) groups excluding carboxylic acids is 1. The molecule has 2 aromatic rings. The number of nitriles is 1. The van der Waals surface area contributed by atoms with Crippen molar-refractivity contribution in [2.75, 3.05) is 24.6 Å². The molecule has 140 valence electrons. The molecule has 0 radical (unpaired) electrons. The Morgan fingerprint density at radius 1 is 1.33 bits per heavy atom. The third kappa shape index (κ3) is 5.23. The number of halogens is 1.